The molecule has 1 aliphatic heterocycles. The number of piperidine rings is 1. The topological polar surface area (TPSA) is 40.5 Å². The van der Waals surface area contributed by atoms with Crippen LogP contribution < -0.4 is 0 Å². The van der Waals surface area contributed by atoms with Gasteiger partial charge in [0.05, 0.1) is 5.56 Å². The van der Waals surface area contributed by atoms with Gasteiger partial charge in [-0.3, -0.25) is 4.90 Å². The molecule has 0 bridgehead atoms. The lowest BCUT2D eigenvalue weighted by Crippen LogP contribution is -2.48. The van der Waals surface area contributed by atoms with Crippen molar-refractivity contribution >= 4 is 5.97 Å². The monoisotopic (exact) mass is 301 g/mol. The molecule has 1 aliphatic carbocycles. The first-order valence-corrected chi connectivity index (χ1v) is 8.64. The van der Waals surface area contributed by atoms with E-state index in [0.29, 0.717) is 11.0 Å². The van der Waals surface area contributed by atoms with Crippen LogP contribution in [-0.2, 0) is 6.54 Å². The summed E-state index contributed by atoms with van der Waals surface area (Å²) < 4.78 is 0. The number of aromatic carboxylic acids is 1. The fourth-order valence-corrected chi connectivity index (χ4v) is 4.42. The number of hydrogen-bond donors (Lipinski definition) is 1. The third-order valence-electron chi connectivity index (χ3n) is 5.92. The summed E-state index contributed by atoms with van der Waals surface area (Å²) in [4.78, 5) is 13.5. The Morgan fingerprint density at radius 3 is 2.55 bits per heavy atom. The van der Waals surface area contributed by atoms with Crippen molar-refractivity contribution in [2.75, 3.05) is 13.1 Å². The van der Waals surface area contributed by atoms with Crippen molar-refractivity contribution in [1.29, 1.82) is 0 Å². The van der Waals surface area contributed by atoms with E-state index >= 15 is 0 Å². The number of carboxylic acid groups (broad SMARTS) is 1. The summed E-state index contributed by atoms with van der Waals surface area (Å²) in [5.74, 6) is -0.00191. The van der Waals surface area contributed by atoms with Crippen LogP contribution in [0, 0.1) is 11.3 Å². The van der Waals surface area contributed by atoms with Gasteiger partial charge in [-0.1, -0.05) is 38.3 Å². The van der Waals surface area contributed by atoms with Gasteiger partial charge in [0.15, 0.2) is 0 Å². The second-order valence-corrected chi connectivity index (χ2v) is 7.33. The van der Waals surface area contributed by atoms with Crippen LogP contribution >= 0.6 is 0 Å². The minimum atomic E-state index is -0.848. The molecule has 120 valence electrons. The van der Waals surface area contributed by atoms with E-state index < -0.39 is 5.97 Å². The molecule has 1 unspecified atom stereocenters. The Hall–Kier alpha value is -1.35. The van der Waals surface area contributed by atoms with Gasteiger partial charge in [0.25, 0.3) is 0 Å². The summed E-state index contributed by atoms with van der Waals surface area (Å²) in [5.41, 5.74) is 2.14. The van der Waals surface area contributed by atoms with Crippen LogP contribution in [0.3, 0.4) is 0 Å². The minimum absolute atomic E-state index is 0.375. The SMILES string of the molecule is CC1CCN(Cc2ccc(C(=O)O)cc2)CC12CCCCC2. The fraction of sp³-hybridized carbons (Fsp3) is 0.632. The zero-order valence-electron chi connectivity index (χ0n) is 13.6. The summed E-state index contributed by atoms with van der Waals surface area (Å²) in [5, 5.41) is 8.98. The highest BCUT2D eigenvalue weighted by Crippen LogP contribution is 2.47. The van der Waals surface area contributed by atoms with Crippen LogP contribution in [-0.4, -0.2) is 29.1 Å². The Kier molecular flexibility index (Phi) is 4.53. The number of carbonyl (C=O) groups is 1. The molecule has 1 N–H and O–H groups in total. The third-order valence-corrected chi connectivity index (χ3v) is 5.92. The number of carboxylic acids is 1. The van der Waals surface area contributed by atoms with Crippen molar-refractivity contribution in [3.05, 3.63) is 35.4 Å². The van der Waals surface area contributed by atoms with Crippen molar-refractivity contribution in [2.24, 2.45) is 11.3 Å². The molecule has 3 heteroatoms. The van der Waals surface area contributed by atoms with Crippen LogP contribution in [0.1, 0.15) is 61.4 Å². The highest BCUT2D eigenvalue weighted by Gasteiger charge is 2.41. The number of likely N-dealkylation sites (tertiary alicyclic amines) is 1. The van der Waals surface area contributed by atoms with Gasteiger partial charge in [-0.05, 0) is 54.8 Å². The zero-order chi connectivity index (χ0) is 15.6. The van der Waals surface area contributed by atoms with Crippen molar-refractivity contribution in [1.82, 2.24) is 4.90 Å². The van der Waals surface area contributed by atoms with E-state index in [9.17, 15) is 4.79 Å². The summed E-state index contributed by atoms with van der Waals surface area (Å²) in [6.45, 7) is 5.79. The van der Waals surface area contributed by atoms with Crippen LogP contribution in [0.5, 0.6) is 0 Å². The van der Waals surface area contributed by atoms with E-state index in [1.807, 2.05) is 12.1 Å². The molecule has 0 aromatic heterocycles. The first-order valence-electron chi connectivity index (χ1n) is 8.64. The summed E-state index contributed by atoms with van der Waals surface area (Å²) in [7, 11) is 0. The number of benzene rings is 1. The van der Waals surface area contributed by atoms with Gasteiger partial charge in [-0.2, -0.15) is 0 Å². The van der Waals surface area contributed by atoms with Crippen LogP contribution in [0.2, 0.25) is 0 Å². The Morgan fingerprint density at radius 1 is 1.23 bits per heavy atom. The fourth-order valence-electron chi connectivity index (χ4n) is 4.42. The Bertz CT molecular complexity index is 517. The number of hydrogen-bond acceptors (Lipinski definition) is 2. The molecule has 3 nitrogen and oxygen atoms in total. The molecule has 1 aromatic rings. The lowest BCUT2D eigenvalue weighted by atomic mass is 9.63. The molecule has 1 aromatic carbocycles. The normalized spacial score (nSPS) is 25.2. The van der Waals surface area contributed by atoms with Gasteiger partial charge in [0, 0.05) is 13.1 Å². The van der Waals surface area contributed by atoms with Crippen LogP contribution in [0.25, 0.3) is 0 Å². The Balaban J connectivity index is 1.66. The molecular formula is C19H27NO2. The first-order chi connectivity index (χ1) is 10.6. The smallest absolute Gasteiger partial charge is 0.335 e. The maximum Gasteiger partial charge on any atom is 0.335 e. The van der Waals surface area contributed by atoms with Gasteiger partial charge in [0.2, 0.25) is 0 Å². The first kappa shape index (κ1) is 15.5. The van der Waals surface area contributed by atoms with E-state index in [0.717, 1.165) is 12.5 Å². The van der Waals surface area contributed by atoms with Crippen molar-refractivity contribution in [3.8, 4) is 0 Å². The maximum atomic E-state index is 10.9. The van der Waals surface area contributed by atoms with E-state index in [1.54, 1.807) is 12.1 Å². The van der Waals surface area contributed by atoms with Gasteiger partial charge < -0.3 is 5.11 Å². The summed E-state index contributed by atoms with van der Waals surface area (Å²) >= 11 is 0. The molecule has 2 fully saturated rings. The number of rotatable bonds is 3. The van der Waals surface area contributed by atoms with Crippen molar-refractivity contribution in [2.45, 2.75) is 52.0 Å². The molecular weight excluding hydrogens is 274 g/mol. The summed E-state index contributed by atoms with van der Waals surface area (Å²) in [6, 6.07) is 7.38. The highest BCUT2D eigenvalue weighted by molar-refractivity contribution is 5.87. The van der Waals surface area contributed by atoms with Crippen molar-refractivity contribution < 1.29 is 9.90 Å². The third kappa shape index (κ3) is 3.19. The molecule has 1 atom stereocenters. The average molecular weight is 301 g/mol. The predicted octanol–water partition coefficient (Wildman–Crippen LogP) is 4.18. The Morgan fingerprint density at radius 2 is 1.91 bits per heavy atom. The van der Waals surface area contributed by atoms with Crippen molar-refractivity contribution in [3.63, 3.8) is 0 Å². The molecule has 1 saturated carbocycles. The molecule has 1 saturated heterocycles. The summed E-state index contributed by atoms with van der Waals surface area (Å²) in [6.07, 6.45) is 8.28. The Labute approximate surface area is 133 Å². The molecule has 2 aliphatic rings. The predicted molar refractivity (Wildman–Crippen MR) is 88.0 cm³/mol. The molecule has 22 heavy (non-hydrogen) atoms. The lowest BCUT2D eigenvalue weighted by molar-refractivity contribution is 0.000803. The number of nitrogens with zero attached hydrogens (tertiary/aromatic N) is 1. The minimum Gasteiger partial charge on any atom is -0.478 e. The molecule has 1 heterocycles. The molecule has 0 amide bonds. The van der Waals surface area contributed by atoms with E-state index in [1.165, 1.54) is 57.2 Å². The van der Waals surface area contributed by atoms with E-state index in [-0.39, 0.29) is 0 Å². The lowest BCUT2D eigenvalue weighted by Gasteiger charge is -2.49. The van der Waals surface area contributed by atoms with Gasteiger partial charge in [0.1, 0.15) is 0 Å². The zero-order valence-corrected chi connectivity index (χ0v) is 13.6. The van der Waals surface area contributed by atoms with Gasteiger partial charge >= 0.3 is 5.97 Å². The van der Waals surface area contributed by atoms with Gasteiger partial charge in [-0.15, -0.1) is 0 Å². The average Bonchev–Trinajstić information content (AvgIpc) is 2.52. The second-order valence-electron chi connectivity index (χ2n) is 7.33. The van der Waals surface area contributed by atoms with Crippen LogP contribution in [0.4, 0.5) is 0 Å². The maximum absolute atomic E-state index is 10.9. The molecule has 1 spiro atoms. The second kappa shape index (κ2) is 6.41. The van der Waals surface area contributed by atoms with E-state index in [2.05, 4.69) is 11.8 Å². The quantitative estimate of drug-likeness (QED) is 0.910. The van der Waals surface area contributed by atoms with E-state index in [4.69, 9.17) is 5.11 Å². The highest BCUT2D eigenvalue weighted by atomic mass is 16.4. The molecule has 0 radical (unpaired) electrons. The van der Waals surface area contributed by atoms with Gasteiger partial charge in [-0.25, -0.2) is 4.79 Å². The molecule has 3 rings (SSSR count). The largest absolute Gasteiger partial charge is 0.478 e. The standard InChI is InChI=1S/C19H27NO2/c1-15-9-12-20(14-19(15)10-3-2-4-11-19)13-16-5-7-17(8-6-16)18(21)22/h5-8,15H,2-4,9-14H2,1H3,(H,21,22). The van der Waals surface area contributed by atoms with Crippen LogP contribution in [0.15, 0.2) is 24.3 Å².